The van der Waals surface area contributed by atoms with Gasteiger partial charge in [0.15, 0.2) is 11.5 Å². The maximum atomic E-state index is 13.6. The van der Waals surface area contributed by atoms with E-state index < -0.39 is 41.8 Å². The van der Waals surface area contributed by atoms with Crippen LogP contribution in [0.2, 0.25) is 0 Å². The molecule has 0 aliphatic carbocycles. The predicted molar refractivity (Wildman–Crippen MR) is 172 cm³/mol. The molecule has 0 radical (unpaired) electrons. The Morgan fingerprint density at radius 2 is 1.77 bits per heavy atom. The van der Waals surface area contributed by atoms with E-state index in [0.29, 0.717) is 17.9 Å². The summed E-state index contributed by atoms with van der Waals surface area (Å²) in [6.45, 7) is 7.51. The Morgan fingerprint density at radius 1 is 1.04 bits per heavy atom. The largest absolute Gasteiger partial charge is 0.359 e. The molecule has 0 saturated heterocycles. The fourth-order valence-corrected chi connectivity index (χ4v) is 5.07. The van der Waals surface area contributed by atoms with Gasteiger partial charge in [0.1, 0.15) is 18.1 Å². The third-order valence-corrected chi connectivity index (χ3v) is 7.77. The minimum absolute atomic E-state index is 0.0361. The molecule has 0 fully saturated rings. The summed E-state index contributed by atoms with van der Waals surface area (Å²) in [6, 6.07) is 7.79. The fourth-order valence-electron chi connectivity index (χ4n) is 5.07. The Balaban J connectivity index is 1.59. The summed E-state index contributed by atoms with van der Waals surface area (Å²) in [5.74, 6) is -2.14. The topological polar surface area (TPSA) is 193 Å². The van der Waals surface area contributed by atoms with E-state index in [1.54, 1.807) is 22.8 Å². The summed E-state index contributed by atoms with van der Waals surface area (Å²) < 4.78 is 7.05. The molecule has 3 atom stereocenters. The second kappa shape index (κ2) is 16.0. The fraction of sp³-hybridized carbons (Fsp3) is 0.469. The Bertz CT molecular complexity index is 1570. The maximum absolute atomic E-state index is 13.6. The lowest BCUT2D eigenvalue weighted by Gasteiger charge is -2.26. The van der Waals surface area contributed by atoms with Gasteiger partial charge in [-0.1, -0.05) is 49.3 Å². The number of hydrogen-bond donors (Lipinski definition) is 5. The van der Waals surface area contributed by atoms with Gasteiger partial charge in [0.2, 0.25) is 23.6 Å². The Morgan fingerprint density at radius 3 is 2.45 bits per heavy atom. The number of aryl methyl sites for hydroxylation is 1. The summed E-state index contributed by atoms with van der Waals surface area (Å²) in [5, 5.41) is 21.9. The van der Waals surface area contributed by atoms with Crippen LogP contribution in [0.4, 0.5) is 5.69 Å². The lowest BCUT2D eigenvalue weighted by molar-refractivity contribution is -0.132. The van der Waals surface area contributed by atoms with Crippen LogP contribution in [0.15, 0.2) is 47.1 Å². The molecule has 3 aromatic rings. The summed E-state index contributed by atoms with van der Waals surface area (Å²) in [5.41, 5.74) is 2.13. The first kappa shape index (κ1) is 34.8. The summed E-state index contributed by atoms with van der Waals surface area (Å²) >= 11 is 0. The van der Waals surface area contributed by atoms with Gasteiger partial charge in [-0.3, -0.25) is 33.6 Å². The SMILES string of the molecule is Cc1c(NC(=O)CN2CCNC(=O)[C@@H](Cc3ccccc3)NC(=O)[C@@H](CC(C)C)NC(=O)[C@@H](C)NC(=O)c3cc(on3)C2)cnn1C. The number of hydrogen-bond acceptors (Lipinski definition) is 9. The molecule has 1 aliphatic heterocycles. The number of benzene rings is 1. The predicted octanol–water partition coefficient (Wildman–Crippen LogP) is 0.664. The maximum Gasteiger partial charge on any atom is 0.274 e. The second-order valence-electron chi connectivity index (χ2n) is 12.1. The van der Waals surface area contributed by atoms with Crippen LogP contribution in [0.1, 0.15) is 54.7 Å². The average molecular weight is 650 g/mol. The third-order valence-electron chi connectivity index (χ3n) is 7.77. The number of aromatic nitrogens is 3. The first-order chi connectivity index (χ1) is 22.4. The van der Waals surface area contributed by atoms with E-state index in [1.165, 1.54) is 13.0 Å². The van der Waals surface area contributed by atoms with Crippen LogP contribution < -0.4 is 26.6 Å². The number of nitrogens with zero attached hydrogens (tertiary/aromatic N) is 4. The normalized spacial score (nSPS) is 20.4. The van der Waals surface area contributed by atoms with Crippen LogP contribution in [0, 0.1) is 12.8 Å². The molecule has 15 nitrogen and oxygen atoms in total. The van der Waals surface area contributed by atoms with Crippen LogP contribution in [0.3, 0.4) is 0 Å². The number of amides is 5. The molecule has 1 aliphatic rings. The van der Waals surface area contributed by atoms with Gasteiger partial charge >= 0.3 is 0 Å². The van der Waals surface area contributed by atoms with E-state index in [0.717, 1.165) is 11.3 Å². The molecule has 47 heavy (non-hydrogen) atoms. The van der Waals surface area contributed by atoms with Crippen molar-refractivity contribution in [2.24, 2.45) is 13.0 Å². The van der Waals surface area contributed by atoms with Gasteiger partial charge in [-0.2, -0.15) is 5.10 Å². The Hall–Kier alpha value is -5.05. The quantitative estimate of drug-likeness (QED) is 0.245. The van der Waals surface area contributed by atoms with Crippen molar-refractivity contribution >= 4 is 35.2 Å². The van der Waals surface area contributed by atoms with Gasteiger partial charge in [-0.25, -0.2) is 0 Å². The standard InChI is InChI=1S/C32H43N9O6/c1-19(2)13-24-31(45)38-25(14-22-9-7-6-8-10-22)30(44)33-11-12-41(18-28(42)36-27-16-34-40(5)21(27)4)17-23-15-26(39-47-23)32(46)35-20(3)29(43)37-24/h6-10,15-16,19-20,24-25H,11-14,17-18H2,1-5H3,(H,33,44)(H,35,46)(H,36,42)(H,37,43)(H,38,45)/t20-,24-,25-/m1/s1. The van der Waals surface area contributed by atoms with Crippen LogP contribution >= 0.6 is 0 Å². The van der Waals surface area contributed by atoms with Crippen molar-refractivity contribution in [2.75, 3.05) is 25.0 Å². The van der Waals surface area contributed by atoms with Gasteiger partial charge in [0.05, 0.1) is 30.7 Å². The number of rotatable bonds is 7. The number of fused-ring (bicyclic) bond motifs is 2. The van der Waals surface area contributed by atoms with Crippen molar-refractivity contribution in [3.05, 3.63) is 65.3 Å². The molecule has 0 saturated carbocycles. The molecule has 4 rings (SSSR count). The number of anilines is 1. The summed E-state index contributed by atoms with van der Waals surface area (Å²) in [4.78, 5) is 67.9. The van der Waals surface area contributed by atoms with E-state index in [1.807, 2.05) is 51.1 Å². The molecule has 2 aromatic heterocycles. The summed E-state index contributed by atoms with van der Waals surface area (Å²) in [6.07, 6.45) is 2.08. The highest BCUT2D eigenvalue weighted by Crippen LogP contribution is 2.14. The monoisotopic (exact) mass is 649 g/mol. The van der Waals surface area contributed by atoms with Crippen LogP contribution in [-0.4, -0.2) is 87.1 Å². The van der Waals surface area contributed by atoms with Crippen LogP contribution in [-0.2, 0) is 39.2 Å². The smallest absolute Gasteiger partial charge is 0.274 e. The molecule has 0 spiro atoms. The van der Waals surface area contributed by atoms with Gasteiger partial charge in [-0.15, -0.1) is 0 Å². The Labute approximate surface area is 273 Å². The molecule has 2 bridgehead atoms. The van der Waals surface area contributed by atoms with Crippen molar-refractivity contribution < 1.29 is 28.5 Å². The van der Waals surface area contributed by atoms with Gasteiger partial charge in [-0.05, 0) is 31.7 Å². The van der Waals surface area contributed by atoms with Crippen molar-refractivity contribution in [3.8, 4) is 0 Å². The molecule has 252 valence electrons. The van der Waals surface area contributed by atoms with E-state index in [-0.39, 0.29) is 50.1 Å². The zero-order valence-corrected chi connectivity index (χ0v) is 27.3. The molecule has 15 heteroatoms. The molecule has 5 N–H and O–H groups in total. The first-order valence-corrected chi connectivity index (χ1v) is 15.6. The van der Waals surface area contributed by atoms with Gasteiger partial charge in [0, 0.05) is 32.6 Å². The van der Waals surface area contributed by atoms with Gasteiger partial charge in [0.25, 0.3) is 5.91 Å². The molecular weight excluding hydrogens is 606 g/mol. The lowest BCUT2D eigenvalue weighted by Crippen LogP contribution is -2.57. The number of carbonyl (C=O) groups is 5. The van der Waals surface area contributed by atoms with E-state index in [4.69, 9.17) is 4.52 Å². The van der Waals surface area contributed by atoms with Crippen molar-refractivity contribution in [1.82, 2.24) is 41.1 Å². The number of carbonyl (C=O) groups excluding carboxylic acids is 5. The highest BCUT2D eigenvalue weighted by molar-refractivity contribution is 5.97. The van der Waals surface area contributed by atoms with Crippen molar-refractivity contribution in [1.29, 1.82) is 0 Å². The third kappa shape index (κ3) is 9.97. The average Bonchev–Trinajstić information content (AvgIpc) is 3.62. The van der Waals surface area contributed by atoms with Crippen LogP contribution in [0.5, 0.6) is 0 Å². The number of nitrogens with one attached hydrogen (secondary N) is 5. The molecule has 5 amide bonds. The van der Waals surface area contributed by atoms with Crippen molar-refractivity contribution in [3.63, 3.8) is 0 Å². The zero-order valence-electron chi connectivity index (χ0n) is 27.3. The molecular formula is C32H43N9O6. The highest BCUT2D eigenvalue weighted by Gasteiger charge is 2.30. The lowest BCUT2D eigenvalue weighted by atomic mass is 10.0. The minimum Gasteiger partial charge on any atom is -0.359 e. The molecule has 1 aromatic carbocycles. The zero-order chi connectivity index (χ0) is 34.1. The van der Waals surface area contributed by atoms with E-state index >= 15 is 0 Å². The van der Waals surface area contributed by atoms with E-state index in [9.17, 15) is 24.0 Å². The first-order valence-electron chi connectivity index (χ1n) is 15.6. The molecule has 3 heterocycles. The summed E-state index contributed by atoms with van der Waals surface area (Å²) in [7, 11) is 1.77. The second-order valence-corrected chi connectivity index (χ2v) is 12.1. The Kier molecular flexibility index (Phi) is 11.8. The van der Waals surface area contributed by atoms with E-state index in [2.05, 4.69) is 36.8 Å². The highest BCUT2D eigenvalue weighted by atomic mass is 16.5. The minimum atomic E-state index is -1.01. The van der Waals surface area contributed by atoms with Crippen molar-refractivity contribution in [2.45, 2.75) is 65.2 Å². The van der Waals surface area contributed by atoms with Gasteiger partial charge < -0.3 is 31.1 Å². The molecule has 0 unspecified atom stereocenters. The van der Waals surface area contributed by atoms with Crippen LogP contribution in [0.25, 0.3) is 0 Å².